The van der Waals surface area contributed by atoms with Gasteiger partial charge in [0.05, 0.1) is 55.1 Å². The molecule has 0 radical (unpaired) electrons. The van der Waals surface area contributed by atoms with Gasteiger partial charge < -0.3 is 33.9 Å². The van der Waals surface area contributed by atoms with Gasteiger partial charge in [0.2, 0.25) is 0 Å². The zero-order valence-corrected chi connectivity index (χ0v) is 37.1. The molecule has 69 heavy (non-hydrogen) atoms. The minimum Gasteiger partial charge on any atom is -0.480 e. The number of carboxylic acid groups (broad SMARTS) is 1. The maximum absolute atomic E-state index is 16.2. The van der Waals surface area contributed by atoms with E-state index in [-0.39, 0.29) is 82.4 Å². The van der Waals surface area contributed by atoms with E-state index >= 15 is 8.78 Å². The van der Waals surface area contributed by atoms with Crippen LogP contribution in [0.25, 0.3) is 0 Å². The second-order valence-electron chi connectivity index (χ2n) is 16.5. The Hall–Kier alpha value is -7.45. The number of esters is 1. The van der Waals surface area contributed by atoms with Crippen molar-refractivity contribution >= 4 is 58.0 Å². The number of alkyl halides is 4. The second-order valence-corrected chi connectivity index (χ2v) is 16.5. The number of halogens is 5. The van der Waals surface area contributed by atoms with Gasteiger partial charge >= 0.3 is 18.6 Å². The SMILES string of the molecule is O=C(O)COCC1(F)CCN(c2cncc(N(c3cccc(F)c3)c3cccc(OC(=O)COCC4(F)CCN(c5cncc(N(c6ccccc6)c6cccc(OC(F)F)c6)n5)CC4)c3)n2)CC1. The highest BCUT2D eigenvalue weighted by Crippen LogP contribution is 2.39. The Morgan fingerprint density at radius 3 is 1.64 bits per heavy atom. The fourth-order valence-electron chi connectivity index (χ4n) is 8.08. The number of nitrogens with zero attached hydrogens (tertiary/aromatic N) is 8. The Morgan fingerprint density at radius 2 is 1.10 bits per heavy atom. The molecule has 360 valence electrons. The topological polar surface area (TPSA) is 156 Å². The Morgan fingerprint density at radius 1 is 0.623 bits per heavy atom. The first-order chi connectivity index (χ1) is 33.3. The molecule has 6 aromatic rings. The van der Waals surface area contributed by atoms with Crippen molar-refractivity contribution in [3.05, 3.63) is 134 Å². The van der Waals surface area contributed by atoms with Crippen LogP contribution in [0.5, 0.6) is 11.5 Å². The first-order valence-corrected chi connectivity index (χ1v) is 22.0. The molecule has 1 N–H and O–H groups in total. The zero-order valence-electron chi connectivity index (χ0n) is 37.1. The molecule has 0 aliphatic carbocycles. The summed E-state index contributed by atoms with van der Waals surface area (Å²) in [6, 6.07) is 27.7. The van der Waals surface area contributed by atoms with Crippen molar-refractivity contribution < 1.29 is 55.6 Å². The van der Waals surface area contributed by atoms with Gasteiger partial charge in [-0.15, -0.1) is 0 Å². The molecule has 0 atom stereocenters. The number of benzene rings is 4. The number of anilines is 8. The fourth-order valence-corrected chi connectivity index (χ4v) is 8.08. The quantitative estimate of drug-likeness (QED) is 0.0465. The molecule has 2 aliphatic rings. The van der Waals surface area contributed by atoms with E-state index in [1.165, 1.54) is 42.7 Å². The first kappa shape index (κ1) is 48.0. The summed E-state index contributed by atoms with van der Waals surface area (Å²) in [6.07, 6.45) is 6.37. The molecule has 0 amide bonds. The number of aliphatic carboxylic acids is 1. The van der Waals surface area contributed by atoms with Crippen LogP contribution >= 0.6 is 0 Å². The van der Waals surface area contributed by atoms with Crippen LogP contribution in [-0.2, 0) is 19.1 Å². The van der Waals surface area contributed by atoms with Gasteiger partial charge in [-0.05, 0) is 54.6 Å². The van der Waals surface area contributed by atoms with Crippen molar-refractivity contribution in [3.8, 4) is 11.5 Å². The van der Waals surface area contributed by atoms with Crippen LogP contribution in [0.4, 0.5) is 68.0 Å². The van der Waals surface area contributed by atoms with Gasteiger partial charge in [0, 0.05) is 69.7 Å². The maximum Gasteiger partial charge on any atom is 0.387 e. The highest BCUT2D eigenvalue weighted by atomic mass is 19.3. The van der Waals surface area contributed by atoms with Crippen LogP contribution < -0.4 is 29.1 Å². The molecule has 2 fully saturated rings. The van der Waals surface area contributed by atoms with Gasteiger partial charge in [-0.3, -0.25) is 19.8 Å². The molecular weight excluding hydrogens is 908 g/mol. The molecule has 4 heterocycles. The van der Waals surface area contributed by atoms with Crippen LogP contribution in [0, 0.1) is 5.82 Å². The van der Waals surface area contributed by atoms with E-state index in [1.54, 1.807) is 64.7 Å². The highest BCUT2D eigenvalue weighted by Gasteiger charge is 2.37. The normalized spacial score (nSPS) is 15.4. The standard InChI is InChI=1S/C49H47F5N8O7/c50-34-7-4-10-36(23-34)62(44-29-56-27-42(58-44)60-19-15-48(53,16-20-60)32-66-30-45(63)64)38-12-5-13-39(24-38)68-46(65)31-67-33-49(54)17-21-59(22-18-49)41-26-55-28-43(57-41)61(35-8-2-1-3-9-35)37-11-6-14-40(25-37)69-47(51)52/h1-14,23-29,47H,15-22,30-33H2,(H,63,64). The molecule has 0 bridgehead atoms. The molecule has 2 saturated heterocycles. The van der Waals surface area contributed by atoms with E-state index in [1.807, 2.05) is 40.1 Å². The highest BCUT2D eigenvalue weighted by molar-refractivity contribution is 5.78. The lowest BCUT2D eigenvalue weighted by atomic mass is 9.94. The van der Waals surface area contributed by atoms with Crippen molar-refractivity contribution in [2.45, 2.75) is 43.6 Å². The van der Waals surface area contributed by atoms with E-state index in [4.69, 9.17) is 29.3 Å². The largest absolute Gasteiger partial charge is 0.480 e. The van der Waals surface area contributed by atoms with Crippen LogP contribution in [0.3, 0.4) is 0 Å². The molecule has 2 aliphatic heterocycles. The molecule has 0 unspecified atom stereocenters. The number of aromatic nitrogens is 4. The predicted molar refractivity (Wildman–Crippen MR) is 246 cm³/mol. The van der Waals surface area contributed by atoms with Crippen molar-refractivity contribution in [1.82, 2.24) is 19.9 Å². The van der Waals surface area contributed by atoms with Crippen molar-refractivity contribution in [1.29, 1.82) is 0 Å². The number of piperidine rings is 2. The number of hydrogen-bond donors (Lipinski definition) is 1. The van der Waals surface area contributed by atoms with E-state index in [2.05, 4.69) is 14.7 Å². The van der Waals surface area contributed by atoms with Crippen LogP contribution in [-0.4, -0.2) is 108 Å². The monoisotopic (exact) mass is 954 g/mol. The predicted octanol–water partition coefficient (Wildman–Crippen LogP) is 9.29. The molecule has 0 spiro atoms. The molecule has 2 aromatic heterocycles. The minimum atomic E-state index is -3.00. The maximum atomic E-state index is 16.2. The Labute approximate surface area is 393 Å². The van der Waals surface area contributed by atoms with Crippen molar-refractivity contribution in [2.75, 3.05) is 72.2 Å². The first-order valence-electron chi connectivity index (χ1n) is 22.0. The number of para-hydroxylation sites is 1. The Kier molecular flexibility index (Phi) is 15.1. The smallest absolute Gasteiger partial charge is 0.387 e. The summed E-state index contributed by atoms with van der Waals surface area (Å²) in [6.45, 7) is -3.82. The number of carbonyl (C=O) groups is 2. The van der Waals surface area contributed by atoms with Crippen molar-refractivity contribution in [3.63, 3.8) is 0 Å². The molecule has 15 nitrogen and oxygen atoms in total. The van der Waals surface area contributed by atoms with Gasteiger partial charge in [0.25, 0.3) is 0 Å². The van der Waals surface area contributed by atoms with E-state index < -0.39 is 48.9 Å². The molecular formula is C49H47F5N8O7. The number of rotatable bonds is 19. The Bertz CT molecular complexity index is 2690. The number of carboxylic acids is 1. The molecule has 20 heteroatoms. The zero-order chi connectivity index (χ0) is 48.4. The average Bonchev–Trinajstić information content (AvgIpc) is 3.33. The van der Waals surface area contributed by atoms with Crippen molar-refractivity contribution in [2.24, 2.45) is 0 Å². The summed E-state index contributed by atoms with van der Waals surface area (Å²) in [5, 5.41) is 8.85. The molecule has 0 saturated carbocycles. The lowest BCUT2D eigenvalue weighted by Crippen LogP contribution is -2.45. The van der Waals surface area contributed by atoms with Gasteiger partial charge in [-0.1, -0.05) is 36.4 Å². The van der Waals surface area contributed by atoms with Crippen LogP contribution in [0.2, 0.25) is 0 Å². The average molecular weight is 955 g/mol. The van der Waals surface area contributed by atoms with Gasteiger partial charge in [0.1, 0.15) is 53.5 Å². The van der Waals surface area contributed by atoms with Gasteiger partial charge in [0.15, 0.2) is 11.6 Å². The number of ether oxygens (including phenoxy) is 4. The van der Waals surface area contributed by atoms with E-state index in [0.29, 0.717) is 40.2 Å². The summed E-state index contributed by atoms with van der Waals surface area (Å²) in [7, 11) is 0. The lowest BCUT2D eigenvalue weighted by Gasteiger charge is -2.37. The minimum absolute atomic E-state index is 0.0259. The summed E-state index contributed by atoms with van der Waals surface area (Å²) >= 11 is 0. The third-order valence-corrected chi connectivity index (χ3v) is 11.5. The fraction of sp³-hybridized carbons (Fsp3) is 0.306. The third-order valence-electron chi connectivity index (χ3n) is 11.5. The lowest BCUT2D eigenvalue weighted by molar-refractivity contribution is -0.144. The van der Waals surface area contributed by atoms with Crippen LogP contribution in [0.1, 0.15) is 25.7 Å². The summed E-state index contributed by atoms with van der Waals surface area (Å²) in [5.41, 5.74) is -1.45. The summed E-state index contributed by atoms with van der Waals surface area (Å²) in [4.78, 5) is 49.4. The van der Waals surface area contributed by atoms with Gasteiger partial charge in [-0.2, -0.15) is 8.78 Å². The van der Waals surface area contributed by atoms with Gasteiger partial charge in [-0.25, -0.2) is 32.7 Å². The summed E-state index contributed by atoms with van der Waals surface area (Å²) < 4.78 is 93.3. The number of carbonyl (C=O) groups excluding carboxylic acids is 1. The number of hydrogen-bond acceptors (Lipinski definition) is 14. The van der Waals surface area contributed by atoms with E-state index in [0.717, 1.165) is 0 Å². The third kappa shape index (κ3) is 12.6. The molecule has 4 aromatic carbocycles. The molecule has 8 rings (SSSR count). The summed E-state index contributed by atoms with van der Waals surface area (Å²) in [5.74, 6) is -0.792. The second kappa shape index (κ2) is 21.7. The van der Waals surface area contributed by atoms with E-state index in [9.17, 15) is 22.8 Å². The Balaban J connectivity index is 0.881. The van der Waals surface area contributed by atoms with Crippen LogP contribution in [0.15, 0.2) is 128 Å².